The van der Waals surface area contributed by atoms with Crippen molar-refractivity contribution in [2.24, 2.45) is 0 Å². The van der Waals surface area contributed by atoms with Crippen molar-refractivity contribution in [3.63, 3.8) is 0 Å². The quantitative estimate of drug-likeness (QED) is 0.652. The highest BCUT2D eigenvalue weighted by Gasteiger charge is 2.15. The zero-order valence-corrected chi connectivity index (χ0v) is 7.47. The Morgan fingerprint density at radius 1 is 1.42 bits per heavy atom. The third kappa shape index (κ3) is 4.04. The number of likely N-dealkylation sites (tertiary alicyclic amines) is 1. The van der Waals surface area contributed by atoms with Gasteiger partial charge in [-0.3, -0.25) is 0 Å². The molecule has 1 aliphatic heterocycles. The Labute approximate surface area is 76.0 Å². The largest absolute Gasteiger partial charge is 0.306 e. The standard InChI is InChI=1S/C8H18N2O.CH4/c1-3-11-9-8-4-6-10(2)7-5-8;/h8-9H,3-7H2,1-2H3;1H4. The van der Waals surface area contributed by atoms with E-state index < -0.39 is 0 Å². The van der Waals surface area contributed by atoms with Crippen molar-refractivity contribution >= 4 is 0 Å². The Hall–Kier alpha value is -0.120. The van der Waals surface area contributed by atoms with Gasteiger partial charge in [0.1, 0.15) is 0 Å². The molecular formula is C9H22N2O. The van der Waals surface area contributed by atoms with Crippen molar-refractivity contribution in [2.45, 2.75) is 33.2 Å². The predicted octanol–water partition coefficient (Wildman–Crippen LogP) is 1.26. The van der Waals surface area contributed by atoms with Crippen LogP contribution in [0.25, 0.3) is 0 Å². The van der Waals surface area contributed by atoms with Gasteiger partial charge in [-0.05, 0) is 39.9 Å². The fourth-order valence-corrected chi connectivity index (χ4v) is 1.33. The maximum Gasteiger partial charge on any atom is 0.0654 e. The second-order valence-electron chi connectivity index (χ2n) is 3.13. The van der Waals surface area contributed by atoms with Crippen LogP contribution in [0.1, 0.15) is 27.2 Å². The molecule has 0 aromatic carbocycles. The molecule has 0 radical (unpaired) electrons. The molecule has 0 saturated carbocycles. The summed E-state index contributed by atoms with van der Waals surface area (Å²) >= 11 is 0. The molecule has 0 unspecified atom stereocenters. The third-order valence-corrected chi connectivity index (χ3v) is 2.11. The SMILES string of the molecule is C.CCONC1CCN(C)CC1. The minimum absolute atomic E-state index is 0. The minimum Gasteiger partial charge on any atom is -0.306 e. The molecule has 0 aromatic heterocycles. The normalized spacial score (nSPS) is 20.5. The van der Waals surface area contributed by atoms with Crippen molar-refractivity contribution in [1.29, 1.82) is 0 Å². The summed E-state index contributed by atoms with van der Waals surface area (Å²) in [5.74, 6) is 0. The van der Waals surface area contributed by atoms with Gasteiger partial charge in [0.25, 0.3) is 0 Å². The van der Waals surface area contributed by atoms with E-state index in [1.807, 2.05) is 6.92 Å². The van der Waals surface area contributed by atoms with Gasteiger partial charge in [0.15, 0.2) is 0 Å². The fraction of sp³-hybridized carbons (Fsp3) is 1.00. The van der Waals surface area contributed by atoms with Gasteiger partial charge < -0.3 is 9.74 Å². The topological polar surface area (TPSA) is 24.5 Å². The Kier molecular flexibility index (Phi) is 6.34. The van der Waals surface area contributed by atoms with Gasteiger partial charge in [0.2, 0.25) is 0 Å². The molecule has 3 heteroatoms. The van der Waals surface area contributed by atoms with E-state index >= 15 is 0 Å². The summed E-state index contributed by atoms with van der Waals surface area (Å²) in [4.78, 5) is 7.49. The lowest BCUT2D eigenvalue weighted by Gasteiger charge is -2.28. The van der Waals surface area contributed by atoms with Crippen molar-refractivity contribution in [1.82, 2.24) is 10.4 Å². The van der Waals surface area contributed by atoms with Crippen LogP contribution in [0.15, 0.2) is 0 Å². The van der Waals surface area contributed by atoms with Crippen molar-refractivity contribution in [2.75, 3.05) is 26.7 Å². The average Bonchev–Trinajstić information content (AvgIpc) is 2.04. The van der Waals surface area contributed by atoms with E-state index in [1.54, 1.807) is 0 Å². The molecule has 74 valence electrons. The van der Waals surface area contributed by atoms with Crippen LogP contribution in [0.3, 0.4) is 0 Å². The van der Waals surface area contributed by atoms with Crippen molar-refractivity contribution in [3.05, 3.63) is 0 Å². The summed E-state index contributed by atoms with van der Waals surface area (Å²) in [6, 6.07) is 0.575. The molecule has 1 rings (SSSR count). The predicted molar refractivity (Wildman–Crippen MR) is 52.0 cm³/mol. The zero-order valence-electron chi connectivity index (χ0n) is 7.47. The monoisotopic (exact) mass is 174 g/mol. The number of rotatable bonds is 3. The van der Waals surface area contributed by atoms with Gasteiger partial charge in [-0.1, -0.05) is 7.43 Å². The number of nitrogens with one attached hydrogen (secondary N) is 1. The average molecular weight is 174 g/mol. The maximum absolute atomic E-state index is 5.14. The summed E-state index contributed by atoms with van der Waals surface area (Å²) in [5, 5.41) is 0. The van der Waals surface area contributed by atoms with E-state index in [0.717, 1.165) is 6.61 Å². The Balaban J connectivity index is 0.00000121. The second-order valence-corrected chi connectivity index (χ2v) is 3.13. The summed E-state index contributed by atoms with van der Waals surface area (Å²) in [5.41, 5.74) is 3.07. The van der Waals surface area contributed by atoms with Gasteiger partial charge in [-0.2, -0.15) is 5.48 Å². The lowest BCUT2D eigenvalue weighted by atomic mass is 10.1. The molecule has 1 N–H and O–H groups in total. The number of piperidine rings is 1. The lowest BCUT2D eigenvalue weighted by Crippen LogP contribution is -2.40. The van der Waals surface area contributed by atoms with Crippen molar-refractivity contribution in [3.8, 4) is 0 Å². The van der Waals surface area contributed by atoms with Crippen LogP contribution in [0.2, 0.25) is 0 Å². The van der Waals surface area contributed by atoms with Crippen LogP contribution in [0.4, 0.5) is 0 Å². The summed E-state index contributed by atoms with van der Waals surface area (Å²) < 4.78 is 0. The van der Waals surface area contributed by atoms with Crippen LogP contribution in [-0.4, -0.2) is 37.7 Å². The highest BCUT2D eigenvalue weighted by Crippen LogP contribution is 2.07. The maximum atomic E-state index is 5.14. The molecule has 0 atom stereocenters. The molecule has 0 spiro atoms. The number of hydrogen-bond donors (Lipinski definition) is 1. The molecule has 12 heavy (non-hydrogen) atoms. The summed E-state index contributed by atoms with van der Waals surface area (Å²) in [6.07, 6.45) is 2.41. The molecule has 3 nitrogen and oxygen atoms in total. The molecule has 1 heterocycles. The first-order valence-electron chi connectivity index (χ1n) is 4.38. The molecule has 0 aliphatic carbocycles. The van der Waals surface area contributed by atoms with Crippen LogP contribution in [0.5, 0.6) is 0 Å². The number of hydroxylamine groups is 1. The van der Waals surface area contributed by atoms with Gasteiger partial charge in [0.05, 0.1) is 6.61 Å². The van der Waals surface area contributed by atoms with Crippen LogP contribution in [-0.2, 0) is 4.84 Å². The Morgan fingerprint density at radius 2 is 2.00 bits per heavy atom. The van der Waals surface area contributed by atoms with E-state index in [1.165, 1.54) is 25.9 Å². The van der Waals surface area contributed by atoms with E-state index in [-0.39, 0.29) is 7.43 Å². The highest BCUT2D eigenvalue weighted by molar-refractivity contribution is 4.72. The minimum atomic E-state index is 0. The van der Waals surface area contributed by atoms with E-state index in [2.05, 4.69) is 17.4 Å². The molecule has 1 saturated heterocycles. The second kappa shape index (κ2) is 6.40. The molecule has 0 aromatic rings. The van der Waals surface area contributed by atoms with Gasteiger partial charge in [-0.25, -0.2) is 0 Å². The number of hydrogen-bond acceptors (Lipinski definition) is 3. The van der Waals surface area contributed by atoms with Crippen LogP contribution < -0.4 is 5.48 Å². The number of nitrogens with zero attached hydrogens (tertiary/aromatic N) is 1. The molecular weight excluding hydrogens is 152 g/mol. The van der Waals surface area contributed by atoms with Crippen LogP contribution >= 0.6 is 0 Å². The first-order chi connectivity index (χ1) is 5.33. The fourth-order valence-electron chi connectivity index (χ4n) is 1.33. The smallest absolute Gasteiger partial charge is 0.0654 e. The van der Waals surface area contributed by atoms with E-state index in [4.69, 9.17) is 4.84 Å². The highest BCUT2D eigenvalue weighted by atomic mass is 16.6. The first-order valence-corrected chi connectivity index (χ1v) is 4.38. The van der Waals surface area contributed by atoms with Crippen molar-refractivity contribution < 1.29 is 4.84 Å². The Bertz CT molecular complexity index is 97.9. The summed E-state index contributed by atoms with van der Waals surface area (Å²) in [6.45, 7) is 5.13. The first kappa shape index (κ1) is 11.9. The molecule has 0 amide bonds. The third-order valence-electron chi connectivity index (χ3n) is 2.11. The summed E-state index contributed by atoms with van der Waals surface area (Å²) in [7, 11) is 2.16. The van der Waals surface area contributed by atoms with Gasteiger partial charge in [-0.15, -0.1) is 0 Å². The zero-order chi connectivity index (χ0) is 8.10. The lowest BCUT2D eigenvalue weighted by molar-refractivity contribution is 0.00880. The van der Waals surface area contributed by atoms with E-state index in [0.29, 0.717) is 6.04 Å². The van der Waals surface area contributed by atoms with E-state index in [9.17, 15) is 0 Å². The van der Waals surface area contributed by atoms with Crippen LogP contribution in [0, 0.1) is 0 Å². The molecule has 0 bridgehead atoms. The Morgan fingerprint density at radius 3 is 2.50 bits per heavy atom. The molecule has 1 aliphatic rings. The van der Waals surface area contributed by atoms with Gasteiger partial charge >= 0.3 is 0 Å². The molecule has 1 fully saturated rings. The van der Waals surface area contributed by atoms with Gasteiger partial charge in [0, 0.05) is 6.04 Å².